The lowest BCUT2D eigenvalue weighted by Gasteiger charge is -2.28. The third-order valence-corrected chi connectivity index (χ3v) is 4.17. The Morgan fingerprint density at radius 2 is 1.86 bits per heavy atom. The van der Waals surface area contributed by atoms with E-state index in [1.54, 1.807) is 0 Å². The van der Waals surface area contributed by atoms with Crippen LogP contribution in [-0.2, 0) is 4.79 Å². The second-order valence-electron chi connectivity index (χ2n) is 6.18. The number of likely N-dealkylation sites (N-methyl/N-ethyl adjacent to an activating group) is 1. The van der Waals surface area contributed by atoms with Gasteiger partial charge in [-0.1, -0.05) is 42.7 Å². The van der Waals surface area contributed by atoms with Crippen LogP contribution in [0.2, 0.25) is 0 Å². The molecule has 0 spiro atoms. The molecule has 1 aliphatic rings. The van der Waals surface area contributed by atoms with Crippen molar-refractivity contribution in [3.63, 3.8) is 0 Å². The first-order chi connectivity index (χ1) is 10.1. The van der Waals surface area contributed by atoms with Crippen LogP contribution in [-0.4, -0.2) is 30.4 Å². The van der Waals surface area contributed by atoms with E-state index in [-0.39, 0.29) is 6.04 Å². The van der Waals surface area contributed by atoms with Gasteiger partial charge in [0.2, 0.25) is 5.91 Å². The molecular weight excluding hydrogens is 260 g/mol. The molecular formula is C18H28N2O. The molecule has 1 aliphatic heterocycles. The summed E-state index contributed by atoms with van der Waals surface area (Å²) in [5.41, 5.74) is 3.87. The van der Waals surface area contributed by atoms with Crippen molar-refractivity contribution in [3.8, 4) is 0 Å². The van der Waals surface area contributed by atoms with Crippen LogP contribution in [0, 0.1) is 13.8 Å². The number of nitrogens with one attached hydrogen (secondary N) is 1. The van der Waals surface area contributed by atoms with E-state index in [0.717, 1.165) is 32.5 Å². The Kier molecular flexibility index (Phi) is 5.80. The summed E-state index contributed by atoms with van der Waals surface area (Å²) < 4.78 is 0. The number of aryl methyl sites for hydroxylation is 2. The third-order valence-electron chi connectivity index (χ3n) is 4.17. The molecule has 1 amide bonds. The Morgan fingerprint density at radius 1 is 1.14 bits per heavy atom. The molecule has 0 radical (unpaired) electrons. The first-order valence-electron chi connectivity index (χ1n) is 8.19. The van der Waals surface area contributed by atoms with Crippen molar-refractivity contribution in [1.82, 2.24) is 10.2 Å². The number of rotatable bonds is 5. The Hall–Kier alpha value is -1.35. The highest BCUT2D eigenvalue weighted by atomic mass is 16.2. The van der Waals surface area contributed by atoms with Crippen LogP contribution in [0.3, 0.4) is 0 Å². The molecule has 1 fully saturated rings. The summed E-state index contributed by atoms with van der Waals surface area (Å²) in [5.74, 6) is 0.319. The standard InChI is InChI=1S/C18H28N2O/c1-4-19-17(16-11-14(2)10-15(3)12-16)13-20-9-7-5-6-8-18(20)21/h10-12,17,19H,4-9,13H2,1-3H3. The van der Waals surface area contributed by atoms with Crippen molar-refractivity contribution in [2.24, 2.45) is 0 Å². The van der Waals surface area contributed by atoms with E-state index in [0.29, 0.717) is 12.3 Å². The average molecular weight is 288 g/mol. The number of nitrogens with zero attached hydrogens (tertiary/aromatic N) is 1. The zero-order valence-corrected chi connectivity index (χ0v) is 13.6. The number of amides is 1. The lowest BCUT2D eigenvalue weighted by molar-refractivity contribution is -0.131. The first-order valence-corrected chi connectivity index (χ1v) is 8.19. The SMILES string of the molecule is CCNC(CN1CCCCCC1=O)c1cc(C)cc(C)c1. The van der Waals surface area contributed by atoms with Crippen LogP contribution >= 0.6 is 0 Å². The molecule has 1 saturated heterocycles. The molecule has 3 nitrogen and oxygen atoms in total. The molecule has 1 aromatic rings. The van der Waals surface area contributed by atoms with Gasteiger partial charge in [-0.05, 0) is 38.8 Å². The monoisotopic (exact) mass is 288 g/mol. The summed E-state index contributed by atoms with van der Waals surface area (Å²) in [4.78, 5) is 14.3. The third kappa shape index (κ3) is 4.57. The molecule has 3 heteroatoms. The van der Waals surface area contributed by atoms with E-state index in [2.05, 4.69) is 49.2 Å². The number of hydrogen-bond donors (Lipinski definition) is 1. The van der Waals surface area contributed by atoms with E-state index in [9.17, 15) is 4.79 Å². The molecule has 0 bridgehead atoms. The number of likely N-dealkylation sites (tertiary alicyclic amines) is 1. The topological polar surface area (TPSA) is 32.3 Å². The highest BCUT2D eigenvalue weighted by Crippen LogP contribution is 2.20. The first kappa shape index (κ1) is 16.0. The van der Waals surface area contributed by atoms with Crippen LogP contribution in [0.4, 0.5) is 0 Å². The van der Waals surface area contributed by atoms with Gasteiger partial charge in [-0.25, -0.2) is 0 Å². The highest BCUT2D eigenvalue weighted by molar-refractivity contribution is 5.76. The highest BCUT2D eigenvalue weighted by Gasteiger charge is 2.21. The van der Waals surface area contributed by atoms with Gasteiger partial charge in [0.1, 0.15) is 0 Å². The zero-order valence-electron chi connectivity index (χ0n) is 13.6. The predicted molar refractivity (Wildman–Crippen MR) is 87.4 cm³/mol. The van der Waals surface area contributed by atoms with Gasteiger partial charge >= 0.3 is 0 Å². The average Bonchev–Trinajstić information content (AvgIpc) is 2.62. The molecule has 1 atom stereocenters. The van der Waals surface area contributed by atoms with Crippen molar-refractivity contribution < 1.29 is 4.79 Å². The fourth-order valence-electron chi connectivity index (χ4n) is 3.20. The molecule has 2 rings (SSSR count). The van der Waals surface area contributed by atoms with E-state index in [1.165, 1.54) is 23.1 Å². The molecule has 0 aromatic heterocycles. The van der Waals surface area contributed by atoms with Crippen molar-refractivity contribution >= 4 is 5.91 Å². The van der Waals surface area contributed by atoms with Gasteiger partial charge in [-0.15, -0.1) is 0 Å². The smallest absolute Gasteiger partial charge is 0.222 e. The maximum Gasteiger partial charge on any atom is 0.222 e. The van der Waals surface area contributed by atoms with Crippen LogP contribution in [0.5, 0.6) is 0 Å². The van der Waals surface area contributed by atoms with Crippen LogP contribution < -0.4 is 5.32 Å². The Morgan fingerprint density at radius 3 is 2.52 bits per heavy atom. The second-order valence-corrected chi connectivity index (χ2v) is 6.18. The molecule has 21 heavy (non-hydrogen) atoms. The maximum atomic E-state index is 12.2. The van der Waals surface area contributed by atoms with Crippen molar-refractivity contribution in [2.45, 2.75) is 52.5 Å². The lowest BCUT2D eigenvalue weighted by atomic mass is 10.0. The summed E-state index contributed by atoms with van der Waals surface area (Å²) in [6, 6.07) is 6.91. The molecule has 1 unspecified atom stereocenters. The van der Waals surface area contributed by atoms with Gasteiger partial charge in [0.05, 0.1) is 0 Å². The molecule has 0 aliphatic carbocycles. The molecule has 116 valence electrons. The minimum atomic E-state index is 0.232. The normalized spacial score (nSPS) is 17.7. The summed E-state index contributed by atoms with van der Waals surface area (Å²) in [6.45, 7) is 9.01. The van der Waals surface area contributed by atoms with Gasteiger partial charge in [-0.2, -0.15) is 0 Å². The minimum Gasteiger partial charge on any atom is -0.341 e. The zero-order chi connectivity index (χ0) is 15.2. The van der Waals surface area contributed by atoms with Gasteiger partial charge < -0.3 is 10.2 Å². The van der Waals surface area contributed by atoms with Gasteiger partial charge in [0.15, 0.2) is 0 Å². The van der Waals surface area contributed by atoms with Crippen LogP contribution in [0.25, 0.3) is 0 Å². The Balaban J connectivity index is 2.15. The van der Waals surface area contributed by atoms with Gasteiger partial charge in [-0.3, -0.25) is 4.79 Å². The molecule has 0 saturated carbocycles. The minimum absolute atomic E-state index is 0.232. The number of carbonyl (C=O) groups excluding carboxylic acids is 1. The van der Waals surface area contributed by atoms with E-state index in [4.69, 9.17) is 0 Å². The summed E-state index contributed by atoms with van der Waals surface area (Å²) in [6.07, 6.45) is 4.07. The van der Waals surface area contributed by atoms with Crippen molar-refractivity contribution in [2.75, 3.05) is 19.6 Å². The van der Waals surface area contributed by atoms with Crippen molar-refractivity contribution in [3.05, 3.63) is 34.9 Å². The largest absolute Gasteiger partial charge is 0.341 e. The van der Waals surface area contributed by atoms with Gasteiger partial charge in [0.25, 0.3) is 0 Å². The number of carbonyl (C=O) groups is 1. The van der Waals surface area contributed by atoms with Gasteiger partial charge in [0, 0.05) is 25.6 Å². The number of benzene rings is 1. The Bertz CT molecular complexity index is 464. The molecule has 1 aromatic carbocycles. The van der Waals surface area contributed by atoms with E-state index in [1.807, 2.05) is 0 Å². The fourth-order valence-corrected chi connectivity index (χ4v) is 3.20. The molecule has 1 N–H and O–H groups in total. The van der Waals surface area contributed by atoms with Crippen LogP contribution in [0.15, 0.2) is 18.2 Å². The summed E-state index contributed by atoms with van der Waals surface area (Å²) in [7, 11) is 0. The Labute approximate surface area is 128 Å². The number of hydrogen-bond acceptors (Lipinski definition) is 2. The molecule has 1 heterocycles. The fraction of sp³-hybridized carbons (Fsp3) is 0.611. The summed E-state index contributed by atoms with van der Waals surface area (Å²) >= 11 is 0. The predicted octanol–water partition coefficient (Wildman–Crippen LogP) is 3.36. The maximum absolute atomic E-state index is 12.2. The van der Waals surface area contributed by atoms with E-state index >= 15 is 0 Å². The van der Waals surface area contributed by atoms with Crippen molar-refractivity contribution in [1.29, 1.82) is 0 Å². The quantitative estimate of drug-likeness (QED) is 0.901. The van der Waals surface area contributed by atoms with E-state index < -0.39 is 0 Å². The lowest BCUT2D eigenvalue weighted by Crippen LogP contribution is -2.38. The second kappa shape index (κ2) is 7.60. The van der Waals surface area contributed by atoms with Crippen LogP contribution in [0.1, 0.15) is 55.3 Å². The summed E-state index contributed by atoms with van der Waals surface area (Å²) in [5, 5.41) is 3.55.